The van der Waals surface area contributed by atoms with Crippen LogP contribution in [0.1, 0.15) is 0 Å². The van der Waals surface area contributed by atoms with Gasteiger partial charge < -0.3 is 0 Å². The van der Waals surface area contributed by atoms with Crippen LogP contribution in [0.15, 0.2) is 78.9 Å². The van der Waals surface area contributed by atoms with E-state index < -0.39 is 0 Å². The molecule has 0 radical (unpaired) electrons. The SMILES string of the molecule is Clc1ccc2nc(-c3ccccc3)c(-c3ccccc3)cc2n1. The van der Waals surface area contributed by atoms with Crippen molar-refractivity contribution in [2.24, 2.45) is 0 Å². The predicted molar refractivity (Wildman–Crippen MR) is 95.4 cm³/mol. The molecular formula is C20H13ClN2. The molecule has 2 aromatic heterocycles. The second-order valence-electron chi connectivity index (χ2n) is 5.29. The zero-order valence-electron chi connectivity index (χ0n) is 12.3. The number of fused-ring (bicyclic) bond motifs is 1. The second-order valence-corrected chi connectivity index (χ2v) is 5.68. The zero-order valence-corrected chi connectivity index (χ0v) is 13.0. The average Bonchev–Trinajstić information content (AvgIpc) is 2.62. The minimum atomic E-state index is 0.478. The van der Waals surface area contributed by atoms with Gasteiger partial charge in [0.1, 0.15) is 5.15 Å². The molecule has 0 bridgehead atoms. The van der Waals surface area contributed by atoms with E-state index in [1.807, 2.05) is 42.5 Å². The number of nitrogens with zero attached hydrogens (tertiary/aromatic N) is 2. The van der Waals surface area contributed by atoms with Crippen molar-refractivity contribution in [3.05, 3.63) is 84.0 Å². The van der Waals surface area contributed by atoms with E-state index in [9.17, 15) is 0 Å². The van der Waals surface area contributed by atoms with E-state index in [0.717, 1.165) is 33.4 Å². The summed E-state index contributed by atoms with van der Waals surface area (Å²) >= 11 is 6.03. The van der Waals surface area contributed by atoms with Crippen LogP contribution in [0.2, 0.25) is 5.15 Å². The van der Waals surface area contributed by atoms with Gasteiger partial charge >= 0.3 is 0 Å². The van der Waals surface area contributed by atoms with Gasteiger partial charge in [0.2, 0.25) is 0 Å². The van der Waals surface area contributed by atoms with Gasteiger partial charge in [0.15, 0.2) is 0 Å². The number of pyridine rings is 2. The first-order chi connectivity index (χ1) is 11.3. The Hall–Kier alpha value is -2.71. The number of hydrogen-bond acceptors (Lipinski definition) is 2. The maximum atomic E-state index is 6.03. The van der Waals surface area contributed by atoms with Crippen LogP contribution in [-0.2, 0) is 0 Å². The molecule has 110 valence electrons. The third kappa shape index (κ3) is 2.69. The fourth-order valence-corrected chi connectivity index (χ4v) is 2.84. The van der Waals surface area contributed by atoms with Crippen molar-refractivity contribution in [3.63, 3.8) is 0 Å². The Labute approximate surface area is 139 Å². The van der Waals surface area contributed by atoms with E-state index in [4.69, 9.17) is 16.6 Å². The van der Waals surface area contributed by atoms with Crippen molar-refractivity contribution in [3.8, 4) is 22.4 Å². The maximum Gasteiger partial charge on any atom is 0.129 e. The standard InChI is InChI=1S/C20H13ClN2/c21-19-12-11-17-18(22-19)13-16(14-7-3-1-4-8-14)20(23-17)15-9-5-2-6-10-15/h1-13H. The number of aromatic nitrogens is 2. The van der Waals surface area contributed by atoms with Crippen molar-refractivity contribution >= 4 is 22.6 Å². The lowest BCUT2D eigenvalue weighted by atomic mass is 9.98. The van der Waals surface area contributed by atoms with Crippen LogP contribution < -0.4 is 0 Å². The van der Waals surface area contributed by atoms with E-state index >= 15 is 0 Å². The molecule has 0 unspecified atom stereocenters. The first-order valence-corrected chi connectivity index (χ1v) is 7.77. The average molecular weight is 317 g/mol. The molecule has 2 heterocycles. The monoisotopic (exact) mass is 316 g/mol. The molecule has 2 nitrogen and oxygen atoms in total. The van der Waals surface area contributed by atoms with Crippen LogP contribution in [0, 0.1) is 0 Å². The molecule has 0 aliphatic heterocycles. The van der Waals surface area contributed by atoms with Gasteiger partial charge in [-0.1, -0.05) is 72.3 Å². The van der Waals surface area contributed by atoms with Gasteiger partial charge in [0.25, 0.3) is 0 Å². The highest BCUT2D eigenvalue weighted by Gasteiger charge is 2.11. The lowest BCUT2D eigenvalue weighted by Crippen LogP contribution is -1.92. The molecule has 0 spiro atoms. The summed E-state index contributed by atoms with van der Waals surface area (Å²) in [6.07, 6.45) is 0. The van der Waals surface area contributed by atoms with E-state index in [1.54, 1.807) is 6.07 Å². The van der Waals surface area contributed by atoms with Gasteiger partial charge in [-0.3, -0.25) is 0 Å². The van der Waals surface area contributed by atoms with Crippen molar-refractivity contribution in [2.75, 3.05) is 0 Å². The van der Waals surface area contributed by atoms with Crippen LogP contribution in [0.25, 0.3) is 33.4 Å². The fourth-order valence-electron chi connectivity index (χ4n) is 2.68. The van der Waals surface area contributed by atoms with Crippen LogP contribution in [0.5, 0.6) is 0 Å². The molecule has 0 saturated heterocycles. The van der Waals surface area contributed by atoms with E-state index in [2.05, 4.69) is 35.3 Å². The van der Waals surface area contributed by atoms with Gasteiger partial charge in [-0.05, 0) is 23.8 Å². The Morgan fingerprint density at radius 3 is 1.96 bits per heavy atom. The van der Waals surface area contributed by atoms with Crippen molar-refractivity contribution in [1.29, 1.82) is 0 Å². The molecule has 4 rings (SSSR count). The van der Waals surface area contributed by atoms with Crippen LogP contribution in [-0.4, -0.2) is 9.97 Å². The predicted octanol–water partition coefficient (Wildman–Crippen LogP) is 5.62. The van der Waals surface area contributed by atoms with Gasteiger partial charge in [-0.25, -0.2) is 9.97 Å². The first kappa shape index (κ1) is 13.9. The van der Waals surface area contributed by atoms with Gasteiger partial charge in [-0.2, -0.15) is 0 Å². The molecule has 4 aromatic rings. The Bertz CT molecular complexity index is 967. The Morgan fingerprint density at radius 2 is 1.26 bits per heavy atom. The minimum absolute atomic E-state index is 0.478. The van der Waals surface area contributed by atoms with Crippen molar-refractivity contribution in [1.82, 2.24) is 9.97 Å². The van der Waals surface area contributed by atoms with Crippen molar-refractivity contribution < 1.29 is 0 Å². The van der Waals surface area contributed by atoms with Crippen molar-refractivity contribution in [2.45, 2.75) is 0 Å². The highest BCUT2D eigenvalue weighted by molar-refractivity contribution is 6.29. The molecule has 0 aliphatic rings. The third-order valence-corrected chi connectivity index (χ3v) is 3.98. The summed E-state index contributed by atoms with van der Waals surface area (Å²) in [5.74, 6) is 0. The summed E-state index contributed by atoms with van der Waals surface area (Å²) in [5, 5.41) is 0.478. The summed E-state index contributed by atoms with van der Waals surface area (Å²) in [7, 11) is 0. The van der Waals surface area contributed by atoms with Gasteiger partial charge in [-0.15, -0.1) is 0 Å². The number of rotatable bonds is 2. The molecular weight excluding hydrogens is 304 g/mol. The molecule has 3 heteroatoms. The Balaban J connectivity index is 2.04. The minimum Gasteiger partial charge on any atom is -0.245 e. The number of hydrogen-bond donors (Lipinski definition) is 0. The third-order valence-electron chi connectivity index (χ3n) is 3.77. The quantitative estimate of drug-likeness (QED) is 0.449. The molecule has 0 fully saturated rings. The Morgan fingerprint density at radius 1 is 0.609 bits per heavy atom. The zero-order chi connectivity index (χ0) is 15.6. The largest absolute Gasteiger partial charge is 0.245 e. The highest BCUT2D eigenvalue weighted by atomic mass is 35.5. The lowest BCUT2D eigenvalue weighted by molar-refractivity contribution is 1.33. The normalized spacial score (nSPS) is 10.8. The molecule has 0 N–H and O–H groups in total. The maximum absolute atomic E-state index is 6.03. The van der Waals surface area contributed by atoms with E-state index in [0.29, 0.717) is 5.15 Å². The second kappa shape index (κ2) is 5.82. The van der Waals surface area contributed by atoms with Crippen LogP contribution in [0.4, 0.5) is 0 Å². The van der Waals surface area contributed by atoms with E-state index in [-0.39, 0.29) is 0 Å². The molecule has 0 saturated carbocycles. The van der Waals surface area contributed by atoms with Crippen LogP contribution >= 0.6 is 11.6 Å². The molecule has 2 aromatic carbocycles. The molecule has 0 aliphatic carbocycles. The molecule has 23 heavy (non-hydrogen) atoms. The molecule has 0 atom stereocenters. The molecule has 0 amide bonds. The lowest BCUT2D eigenvalue weighted by Gasteiger charge is -2.11. The fraction of sp³-hybridized carbons (Fsp3) is 0. The summed E-state index contributed by atoms with van der Waals surface area (Å²) in [6, 6.07) is 26.2. The summed E-state index contributed by atoms with van der Waals surface area (Å²) < 4.78 is 0. The Kier molecular flexibility index (Phi) is 3.52. The summed E-state index contributed by atoms with van der Waals surface area (Å²) in [4.78, 5) is 9.24. The number of benzene rings is 2. The smallest absolute Gasteiger partial charge is 0.129 e. The van der Waals surface area contributed by atoms with Gasteiger partial charge in [0, 0.05) is 11.1 Å². The first-order valence-electron chi connectivity index (χ1n) is 7.39. The van der Waals surface area contributed by atoms with E-state index in [1.165, 1.54) is 0 Å². The summed E-state index contributed by atoms with van der Waals surface area (Å²) in [5.41, 5.74) is 5.85. The summed E-state index contributed by atoms with van der Waals surface area (Å²) in [6.45, 7) is 0. The number of halogens is 1. The van der Waals surface area contributed by atoms with Gasteiger partial charge in [0.05, 0.1) is 16.7 Å². The topological polar surface area (TPSA) is 25.8 Å². The van der Waals surface area contributed by atoms with Crippen LogP contribution in [0.3, 0.4) is 0 Å². The highest BCUT2D eigenvalue weighted by Crippen LogP contribution is 2.33.